The SMILES string of the molecule is CC1=Nc2ccc(Cl)c(C)c2C1(C)C. The summed E-state index contributed by atoms with van der Waals surface area (Å²) in [5.41, 5.74) is 4.72. The zero-order valence-electron chi connectivity index (χ0n) is 8.98. The molecule has 1 aromatic rings. The zero-order chi connectivity index (χ0) is 10.5. The Bertz CT molecular complexity index is 430. The Morgan fingerprint density at radius 2 is 1.86 bits per heavy atom. The van der Waals surface area contributed by atoms with Crippen LogP contribution in [-0.2, 0) is 5.41 Å². The monoisotopic (exact) mass is 207 g/mol. The van der Waals surface area contributed by atoms with Crippen molar-refractivity contribution in [1.29, 1.82) is 0 Å². The van der Waals surface area contributed by atoms with Crippen LogP contribution >= 0.6 is 11.6 Å². The maximum Gasteiger partial charge on any atom is 0.0674 e. The normalized spacial score (nSPS) is 17.9. The van der Waals surface area contributed by atoms with Crippen molar-refractivity contribution >= 4 is 23.0 Å². The molecular weight excluding hydrogens is 194 g/mol. The number of hydrogen-bond acceptors (Lipinski definition) is 1. The van der Waals surface area contributed by atoms with Gasteiger partial charge in [-0.2, -0.15) is 0 Å². The summed E-state index contributed by atoms with van der Waals surface area (Å²) in [6.07, 6.45) is 0. The van der Waals surface area contributed by atoms with Crippen molar-refractivity contribution in [3.63, 3.8) is 0 Å². The Hall–Kier alpha value is -0.820. The molecule has 1 heterocycles. The van der Waals surface area contributed by atoms with Crippen molar-refractivity contribution in [2.24, 2.45) is 4.99 Å². The van der Waals surface area contributed by atoms with Crippen LogP contribution in [0.4, 0.5) is 5.69 Å². The quantitative estimate of drug-likeness (QED) is 0.609. The van der Waals surface area contributed by atoms with E-state index >= 15 is 0 Å². The lowest BCUT2D eigenvalue weighted by molar-refractivity contribution is 0.727. The zero-order valence-corrected chi connectivity index (χ0v) is 9.74. The molecule has 14 heavy (non-hydrogen) atoms. The molecular formula is C12H14ClN. The van der Waals surface area contributed by atoms with Crippen LogP contribution in [0, 0.1) is 6.92 Å². The van der Waals surface area contributed by atoms with E-state index in [0.717, 1.165) is 22.0 Å². The highest BCUT2D eigenvalue weighted by Gasteiger charge is 2.34. The van der Waals surface area contributed by atoms with E-state index < -0.39 is 0 Å². The van der Waals surface area contributed by atoms with Crippen molar-refractivity contribution in [3.8, 4) is 0 Å². The minimum Gasteiger partial charge on any atom is -0.257 e. The summed E-state index contributed by atoms with van der Waals surface area (Å²) in [5.74, 6) is 0. The summed E-state index contributed by atoms with van der Waals surface area (Å²) < 4.78 is 0. The van der Waals surface area contributed by atoms with E-state index in [9.17, 15) is 0 Å². The topological polar surface area (TPSA) is 12.4 Å². The maximum absolute atomic E-state index is 6.12. The molecule has 0 aromatic heterocycles. The van der Waals surface area contributed by atoms with Gasteiger partial charge in [0.1, 0.15) is 0 Å². The van der Waals surface area contributed by atoms with Crippen LogP contribution in [0.15, 0.2) is 17.1 Å². The molecule has 1 nitrogen and oxygen atoms in total. The number of halogens is 1. The molecule has 1 aliphatic rings. The average molecular weight is 208 g/mol. The molecule has 0 saturated heterocycles. The third kappa shape index (κ3) is 1.12. The van der Waals surface area contributed by atoms with Gasteiger partial charge in [-0.3, -0.25) is 4.99 Å². The summed E-state index contributed by atoms with van der Waals surface area (Å²) in [7, 11) is 0. The molecule has 0 saturated carbocycles. The van der Waals surface area contributed by atoms with E-state index in [1.165, 1.54) is 5.56 Å². The fraction of sp³-hybridized carbons (Fsp3) is 0.417. The maximum atomic E-state index is 6.12. The second-order valence-corrected chi connectivity index (χ2v) is 4.80. The molecule has 0 unspecified atom stereocenters. The molecule has 0 fully saturated rings. The fourth-order valence-electron chi connectivity index (χ4n) is 2.06. The van der Waals surface area contributed by atoms with E-state index in [4.69, 9.17) is 11.6 Å². The van der Waals surface area contributed by atoms with Crippen LogP contribution in [0.1, 0.15) is 31.9 Å². The van der Waals surface area contributed by atoms with Crippen molar-refractivity contribution in [2.45, 2.75) is 33.1 Å². The predicted molar refractivity (Wildman–Crippen MR) is 62.0 cm³/mol. The Balaban J connectivity index is 2.75. The molecule has 1 aromatic carbocycles. The number of fused-ring (bicyclic) bond motifs is 1. The van der Waals surface area contributed by atoms with Gasteiger partial charge in [0.15, 0.2) is 0 Å². The Morgan fingerprint density at radius 3 is 2.50 bits per heavy atom. The molecule has 2 rings (SSSR count). The fourth-order valence-corrected chi connectivity index (χ4v) is 2.21. The van der Waals surface area contributed by atoms with Crippen LogP contribution in [0.3, 0.4) is 0 Å². The smallest absolute Gasteiger partial charge is 0.0674 e. The van der Waals surface area contributed by atoms with Crippen LogP contribution in [0.5, 0.6) is 0 Å². The van der Waals surface area contributed by atoms with Gasteiger partial charge in [-0.25, -0.2) is 0 Å². The van der Waals surface area contributed by atoms with Gasteiger partial charge in [-0.1, -0.05) is 25.4 Å². The van der Waals surface area contributed by atoms with E-state index in [2.05, 4.69) is 32.7 Å². The first-order valence-electron chi connectivity index (χ1n) is 4.80. The van der Waals surface area contributed by atoms with Crippen molar-refractivity contribution < 1.29 is 0 Å². The molecule has 0 bridgehead atoms. The van der Waals surface area contributed by atoms with Gasteiger partial charge in [0, 0.05) is 16.1 Å². The molecule has 0 amide bonds. The number of aliphatic imine (C=N–C) groups is 1. The van der Waals surface area contributed by atoms with Gasteiger partial charge >= 0.3 is 0 Å². The van der Waals surface area contributed by atoms with Crippen LogP contribution in [0.25, 0.3) is 0 Å². The first-order chi connectivity index (χ1) is 6.44. The highest BCUT2D eigenvalue weighted by atomic mass is 35.5. The standard InChI is InChI=1S/C12H14ClN/c1-7-9(13)5-6-10-11(7)12(3,4)8(2)14-10/h5-6H,1-4H3. The summed E-state index contributed by atoms with van der Waals surface area (Å²) in [6.45, 7) is 8.53. The third-order valence-electron chi connectivity index (χ3n) is 3.19. The molecule has 0 atom stereocenters. The Labute approximate surface area is 89.8 Å². The largest absolute Gasteiger partial charge is 0.257 e. The minimum absolute atomic E-state index is 0.0321. The summed E-state index contributed by atoms with van der Waals surface area (Å²) in [5, 5.41) is 0.835. The van der Waals surface area contributed by atoms with E-state index in [1.54, 1.807) is 0 Å². The minimum atomic E-state index is 0.0321. The number of benzene rings is 1. The van der Waals surface area contributed by atoms with E-state index in [0.29, 0.717) is 0 Å². The Morgan fingerprint density at radius 1 is 1.21 bits per heavy atom. The highest BCUT2D eigenvalue weighted by Crippen LogP contribution is 2.43. The number of nitrogens with zero attached hydrogens (tertiary/aromatic N) is 1. The lowest BCUT2D eigenvalue weighted by Gasteiger charge is -2.22. The first kappa shape index (κ1) is 9.72. The van der Waals surface area contributed by atoms with Crippen LogP contribution in [0.2, 0.25) is 5.02 Å². The number of rotatable bonds is 0. The predicted octanol–water partition coefficient (Wildman–Crippen LogP) is 4.03. The van der Waals surface area contributed by atoms with Crippen LogP contribution in [-0.4, -0.2) is 5.71 Å². The second-order valence-electron chi connectivity index (χ2n) is 4.39. The Kier molecular flexibility index (Phi) is 1.97. The number of hydrogen-bond donors (Lipinski definition) is 0. The van der Waals surface area contributed by atoms with Crippen molar-refractivity contribution in [2.75, 3.05) is 0 Å². The van der Waals surface area contributed by atoms with E-state index in [1.807, 2.05) is 12.1 Å². The van der Waals surface area contributed by atoms with Gasteiger partial charge < -0.3 is 0 Å². The molecule has 0 aliphatic carbocycles. The first-order valence-corrected chi connectivity index (χ1v) is 5.17. The second kappa shape index (κ2) is 2.83. The van der Waals surface area contributed by atoms with Gasteiger partial charge in [0.2, 0.25) is 0 Å². The molecule has 1 aliphatic heterocycles. The molecule has 0 radical (unpaired) electrons. The van der Waals surface area contributed by atoms with Crippen molar-refractivity contribution in [3.05, 3.63) is 28.3 Å². The van der Waals surface area contributed by atoms with Gasteiger partial charge in [-0.05, 0) is 37.1 Å². The summed E-state index contributed by atoms with van der Waals surface area (Å²) >= 11 is 6.12. The molecule has 0 spiro atoms. The van der Waals surface area contributed by atoms with Gasteiger partial charge in [0.05, 0.1) is 5.69 Å². The van der Waals surface area contributed by atoms with E-state index in [-0.39, 0.29) is 5.41 Å². The molecule has 0 N–H and O–H groups in total. The third-order valence-corrected chi connectivity index (χ3v) is 3.60. The summed E-state index contributed by atoms with van der Waals surface area (Å²) in [4.78, 5) is 4.56. The summed E-state index contributed by atoms with van der Waals surface area (Å²) in [6, 6.07) is 3.93. The van der Waals surface area contributed by atoms with Gasteiger partial charge in [-0.15, -0.1) is 0 Å². The average Bonchev–Trinajstić information content (AvgIpc) is 2.32. The molecule has 2 heteroatoms. The van der Waals surface area contributed by atoms with Gasteiger partial charge in [0.25, 0.3) is 0 Å². The lowest BCUT2D eigenvalue weighted by Crippen LogP contribution is -2.23. The molecule has 74 valence electrons. The lowest BCUT2D eigenvalue weighted by atomic mass is 9.80. The van der Waals surface area contributed by atoms with Crippen molar-refractivity contribution in [1.82, 2.24) is 0 Å². The van der Waals surface area contributed by atoms with Crippen LogP contribution < -0.4 is 0 Å². The highest BCUT2D eigenvalue weighted by molar-refractivity contribution is 6.31.